The highest BCUT2D eigenvalue weighted by atomic mass is 35.5. The number of carbonyl (C=O) groups is 1. The van der Waals surface area contributed by atoms with Crippen molar-refractivity contribution in [1.82, 2.24) is 10.2 Å². The maximum Gasteiger partial charge on any atom is 0.225 e. The number of benzene rings is 1. The van der Waals surface area contributed by atoms with E-state index in [2.05, 4.69) is 20.5 Å². The van der Waals surface area contributed by atoms with Crippen LogP contribution >= 0.6 is 49.0 Å². The molecule has 0 bridgehead atoms. The maximum absolute atomic E-state index is 14.4. The van der Waals surface area contributed by atoms with Crippen molar-refractivity contribution in [2.24, 2.45) is 10.7 Å². The van der Waals surface area contributed by atoms with Crippen LogP contribution in [0.2, 0.25) is 0 Å². The lowest BCUT2D eigenvalue weighted by atomic mass is 9.89. The van der Waals surface area contributed by atoms with Crippen molar-refractivity contribution in [3.63, 3.8) is 0 Å². The van der Waals surface area contributed by atoms with Gasteiger partial charge >= 0.3 is 0 Å². The average molecular weight is 489 g/mol. The van der Waals surface area contributed by atoms with Gasteiger partial charge in [0.2, 0.25) is 5.91 Å². The molecule has 2 aliphatic heterocycles. The fraction of sp³-hybridized carbons (Fsp3) is 0.556. The lowest BCUT2D eigenvalue weighted by Gasteiger charge is -2.30. The van der Waals surface area contributed by atoms with Crippen molar-refractivity contribution in [1.29, 1.82) is 0 Å². The second kappa shape index (κ2) is 12.8. The molecule has 1 saturated heterocycles. The van der Waals surface area contributed by atoms with E-state index in [-0.39, 0.29) is 48.9 Å². The van der Waals surface area contributed by atoms with Crippen LogP contribution in [0.3, 0.4) is 0 Å². The van der Waals surface area contributed by atoms with Crippen molar-refractivity contribution in [2.75, 3.05) is 43.8 Å². The fourth-order valence-electron chi connectivity index (χ4n) is 3.31. The molecule has 3 rings (SSSR count). The SMILES string of the molecule is C[C@@]1(c2cc(NC(=O)CCN3CCNCC3)ccc2F)CCSC(N)=N1.Cl.Cl.Cl. The van der Waals surface area contributed by atoms with Gasteiger partial charge in [-0.05, 0) is 31.5 Å². The summed E-state index contributed by atoms with van der Waals surface area (Å²) in [6.45, 7) is 6.46. The molecule has 4 N–H and O–H groups in total. The zero-order chi connectivity index (χ0) is 18.6. The van der Waals surface area contributed by atoms with Crippen LogP contribution in [0.1, 0.15) is 25.3 Å². The van der Waals surface area contributed by atoms with Crippen molar-refractivity contribution in [2.45, 2.75) is 25.3 Å². The Morgan fingerprint density at radius 2 is 2.03 bits per heavy atom. The van der Waals surface area contributed by atoms with E-state index in [4.69, 9.17) is 5.73 Å². The van der Waals surface area contributed by atoms with E-state index in [9.17, 15) is 9.18 Å². The van der Waals surface area contributed by atoms with Crippen LogP contribution in [-0.2, 0) is 10.3 Å². The average Bonchev–Trinajstić information content (AvgIpc) is 2.62. The molecule has 6 nitrogen and oxygen atoms in total. The molecule has 1 amide bonds. The number of nitrogens with zero attached hydrogens (tertiary/aromatic N) is 2. The number of hydrogen-bond donors (Lipinski definition) is 3. The summed E-state index contributed by atoms with van der Waals surface area (Å²) in [5.74, 6) is 0.412. The van der Waals surface area contributed by atoms with E-state index < -0.39 is 5.54 Å². The smallest absolute Gasteiger partial charge is 0.225 e. The van der Waals surface area contributed by atoms with Gasteiger partial charge in [-0.3, -0.25) is 9.79 Å². The van der Waals surface area contributed by atoms with E-state index in [1.807, 2.05) is 6.92 Å². The largest absolute Gasteiger partial charge is 0.379 e. The van der Waals surface area contributed by atoms with Gasteiger partial charge in [0, 0.05) is 56.1 Å². The molecule has 0 aliphatic carbocycles. The Hall–Kier alpha value is -0.770. The predicted molar refractivity (Wildman–Crippen MR) is 127 cm³/mol. The molecule has 1 aromatic rings. The quantitative estimate of drug-likeness (QED) is 0.593. The molecule has 0 unspecified atom stereocenters. The molecule has 1 atom stereocenters. The molecule has 2 aliphatic rings. The lowest BCUT2D eigenvalue weighted by Crippen LogP contribution is -2.44. The molecule has 0 spiro atoms. The number of anilines is 1. The summed E-state index contributed by atoms with van der Waals surface area (Å²) in [7, 11) is 0. The minimum Gasteiger partial charge on any atom is -0.379 e. The van der Waals surface area contributed by atoms with Crippen LogP contribution in [-0.4, -0.2) is 54.5 Å². The number of amides is 1. The topological polar surface area (TPSA) is 82.8 Å². The van der Waals surface area contributed by atoms with Crippen LogP contribution in [0.15, 0.2) is 23.2 Å². The number of halogens is 4. The molecule has 2 heterocycles. The van der Waals surface area contributed by atoms with Gasteiger partial charge in [-0.2, -0.15) is 0 Å². The first-order chi connectivity index (χ1) is 12.5. The number of aliphatic imine (C=N–C) groups is 1. The van der Waals surface area contributed by atoms with E-state index in [0.717, 1.165) is 38.5 Å². The van der Waals surface area contributed by atoms with Gasteiger partial charge in [0.15, 0.2) is 5.17 Å². The van der Waals surface area contributed by atoms with Crippen molar-refractivity contribution in [3.05, 3.63) is 29.6 Å². The van der Waals surface area contributed by atoms with Gasteiger partial charge in [0.25, 0.3) is 0 Å². The van der Waals surface area contributed by atoms with Crippen molar-refractivity contribution in [3.8, 4) is 0 Å². The van der Waals surface area contributed by atoms with Gasteiger partial charge in [-0.25, -0.2) is 4.39 Å². The molecule has 29 heavy (non-hydrogen) atoms. The number of amidine groups is 1. The minimum absolute atomic E-state index is 0. The highest BCUT2D eigenvalue weighted by molar-refractivity contribution is 8.13. The Morgan fingerprint density at radius 1 is 1.34 bits per heavy atom. The Morgan fingerprint density at radius 3 is 2.69 bits per heavy atom. The second-order valence-electron chi connectivity index (χ2n) is 6.91. The second-order valence-corrected chi connectivity index (χ2v) is 8.02. The van der Waals surface area contributed by atoms with Crippen molar-refractivity contribution < 1.29 is 9.18 Å². The van der Waals surface area contributed by atoms with Gasteiger partial charge in [0.1, 0.15) is 5.82 Å². The summed E-state index contributed by atoms with van der Waals surface area (Å²) in [5, 5.41) is 6.65. The first-order valence-corrected chi connectivity index (χ1v) is 9.96. The molecule has 0 aromatic heterocycles. The van der Waals surface area contributed by atoms with E-state index >= 15 is 0 Å². The first-order valence-electron chi connectivity index (χ1n) is 8.97. The molecule has 11 heteroatoms. The Balaban J connectivity index is 0.00000261. The number of nitrogens with two attached hydrogens (primary N) is 1. The van der Waals surface area contributed by atoms with E-state index in [1.54, 1.807) is 12.1 Å². The third-order valence-corrected chi connectivity index (χ3v) is 5.69. The lowest BCUT2D eigenvalue weighted by molar-refractivity contribution is -0.116. The fourth-order valence-corrected chi connectivity index (χ4v) is 4.29. The zero-order valence-corrected chi connectivity index (χ0v) is 19.5. The monoisotopic (exact) mass is 487 g/mol. The van der Waals surface area contributed by atoms with E-state index in [0.29, 0.717) is 29.3 Å². The molecule has 1 fully saturated rings. The number of carbonyl (C=O) groups excluding carboxylic acids is 1. The zero-order valence-electron chi connectivity index (χ0n) is 16.3. The Labute approximate surface area is 194 Å². The number of piperazine rings is 1. The molecular formula is C18H29Cl3FN5OS. The van der Waals surface area contributed by atoms with Crippen LogP contribution in [0.25, 0.3) is 0 Å². The summed E-state index contributed by atoms with van der Waals surface area (Å²) >= 11 is 1.48. The van der Waals surface area contributed by atoms with Crippen LogP contribution in [0, 0.1) is 5.82 Å². The first kappa shape index (κ1) is 28.2. The van der Waals surface area contributed by atoms with Crippen LogP contribution in [0.5, 0.6) is 0 Å². The highest BCUT2D eigenvalue weighted by Crippen LogP contribution is 2.37. The highest BCUT2D eigenvalue weighted by Gasteiger charge is 2.32. The standard InChI is InChI=1S/C18H26FN5OS.3ClH/c1-18(5-11-26-17(20)23-18)14-12-13(2-3-15(14)19)22-16(25)4-8-24-9-6-21-7-10-24;;;/h2-3,12,21H,4-11H2,1H3,(H2,20,23)(H,22,25);3*1H/t18-;;;/m0.../s1. The number of nitrogens with one attached hydrogen (secondary N) is 2. The summed E-state index contributed by atoms with van der Waals surface area (Å²) < 4.78 is 14.4. The summed E-state index contributed by atoms with van der Waals surface area (Å²) in [6.07, 6.45) is 1.13. The summed E-state index contributed by atoms with van der Waals surface area (Å²) in [5.41, 5.74) is 6.22. The molecule has 166 valence electrons. The number of rotatable bonds is 5. The van der Waals surface area contributed by atoms with Crippen molar-refractivity contribution >= 4 is 65.7 Å². The summed E-state index contributed by atoms with van der Waals surface area (Å²) in [4.78, 5) is 19.0. The van der Waals surface area contributed by atoms with E-state index in [1.165, 1.54) is 17.8 Å². The third kappa shape index (κ3) is 7.77. The Bertz CT molecular complexity index is 706. The van der Waals surface area contributed by atoms with Gasteiger partial charge in [-0.15, -0.1) is 37.2 Å². The predicted octanol–water partition coefficient (Wildman–Crippen LogP) is 2.99. The normalized spacial score (nSPS) is 21.7. The third-order valence-electron chi connectivity index (χ3n) is 4.89. The van der Waals surface area contributed by atoms with Crippen LogP contribution < -0.4 is 16.4 Å². The number of thioether (sulfide) groups is 1. The minimum atomic E-state index is -0.693. The van der Waals surface area contributed by atoms with Crippen LogP contribution in [0.4, 0.5) is 10.1 Å². The maximum atomic E-state index is 14.4. The van der Waals surface area contributed by atoms with Gasteiger partial charge in [-0.1, -0.05) is 11.8 Å². The molecule has 0 radical (unpaired) electrons. The Kier molecular flexibility index (Phi) is 12.5. The molecule has 0 saturated carbocycles. The van der Waals surface area contributed by atoms with Gasteiger partial charge < -0.3 is 21.3 Å². The summed E-state index contributed by atoms with van der Waals surface area (Å²) in [6, 6.07) is 4.67. The van der Waals surface area contributed by atoms with Gasteiger partial charge in [0.05, 0.1) is 5.54 Å². The molecule has 1 aromatic carbocycles. The molecular weight excluding hydrogens is 460 g/mol. The number of hydrogen-bond acceptors (Lipinski definition) is 6.